The van der Waals surface area contributed by atoms with E-state index >= 15 is 0 Å². The Morgan fingerprint density at radius 1 is 1.27 bits per heavy atom. The number of nitrogens with zero attached hydrogens (tertiary/aromatic N) is 4. The first-order valence-corrected chi connectivity index (χ1v) is 10.7. The zero-order valence-corrected chi connectivity index (χ0v) is 17.1. The third-order valence-electron chi connectivity index (χ3n) is 6.10. The summed E-state index contributed by atoms with van der Waals surface area (Å²) in [5.41, 5.74) is 3.94. The van der Waals surface area contributed by atoms with Crippen LogP contribution in [0.3, 0.4) is 0 Å². The zero-order valence-electron chi connectivity index (χ0n) is 17.1. The minimum absolute atomic E-state index is 0.0811. The van der Waals surface area contributed by atoms with Crippen molar-refractivity contribution in [1.29, 1.82) is 0 Å². The molecule has 2 aliphatic rings. The number of hydrogen-bond acceptors (Lipinski definition) is 5. The van der Waals surface area contributed by atoms with Gasteiger partial charge in [0.1, 0.15) is 6.04 Å². The summed E-state index contributed by atoms with van der Waals surface area (Å²) in [5, 5.41) is 7.40. The largest absolute Gasteiger partial charge is 0.347 e. The van der Waals surface area contributed by atoms with E-state index in [4.69, 9.17) is 4.52 Å². The summed E-state index contributed by atoms with van der Waals surface area (Å²) < 4.78 is 5.64. The van der Waals surface area contributed by atoms with Gasteiger partial charge in [0.15, 0.2) is 0 Å². The van der Waals surface area contributed by atoms with Gasteiger partial charge < -0.3 is 19.7 Å². The number of rotatable bonds is 3. The van der Waals surface area contributed by atoms with E-state index in [0.717, 1.165) is 35.4 Å². The molecular formula is C22H26N6O2. The fourth-order valence-corrected chi connectivity index (χ4v) is 4.45. The smallest absolute Gasteiger partial charge is 0.318 e. The lowest BCUT2D eigenvalue weighted by Gasteiger charge is -2.34. The predicted octanol–water partition coefficient (Wildman–Crippen LogP) is 3.91. The molecule has 2 aromatic heterocycles. The van der Waals surface area contributed by atoms with Crippen LogP contribution in [0.4, 0.5) is 4.79 Å². The second-order valence-corrected chi connectivity index (χ2v) is 8.29. The van der Waals surface area contributed by atoms with Crippen LogP contribution >= 0.6 is 0 Å². The molecule has 1 aliphatic heterocycles. The second-order valence-electron chi connectivity index (χ2n) is 8.29. The topological polar surface area (TPSA) is 99.9 Å². The maximum absolute atomic E-state index is 13.2. The highest BCUT2D eigenvalue weighted by Gasteiger charge is 2.36. The third-order valence-corrected chi connectivity index (χ3v) is 6.10. The Labute approximate surface area is 175 Å². The van der Waals surface area contributed by atoms with Crippen LogP contribution in [0.25, 0.3) is 11.4 Å². The van der Waals surface area contributed by atoms with Crippen LogP contribution in [-0.2, 0) is 13.0 Å². The van der Waals surface area contributed by atoms with Crippen molar-refractivity contribution in [3.8, 4) is 11.4 Å². The van der Waals surface area contributed by atoms with Crippen molar-refractivity contribution >= 4 is 6.03 Å². The minimum Gasteiger partial charge on any atom is -0.347 e. The molecule has 3 aromatic rings. The number of hydrogen-bond donors (Lipinski definition) is 2. The number of nitrogens with one attached hydrogen (secondary N) is 2. The van der Waals surface area contributed by atoms with Crippen LogP contribution in [0.5, 0.6) is 0 Å². The first kappa shape index (κ1) is 18.8. The number of carbonyl (C=O) groups excluding carboxylic acids is 1. The molecule has 1 atom stereocenters. The number of aromatic nitrogens is 4. The third kappa shape index (κ3) is 3.69. The van der Waals surface area contributed by atoms with E-state index in [1.54, 1.807) is 11.2 Å². The number of urea groups is 1. The molecule has 0 radical (unpaired) electrons. The molecule has 2 amide bonds. The van der Waals surface area contributed by atoms with Gasteiger partial charge in [-0.25, -0.2) is 9.78 Å². The van der Waals surface area contributed by atoms with Crippen LogP contribution in [0, 0.1) is 6.92 Å². The van der Waals surface area contributed by atoms with Gasteiger partial charge in [0.05, 0.1) is 24.3 Å². The highest BCUT2D eigenvalue weighted by molar-refractivity contribution is 5.75. The Balaban J connectivity index is 1.41. The van der Waals surface area contributed by atoms with E-state index in [9.17, 15) is 4.79 Å². The summed E-state index contributed by atoms with van der Waals surface area (Å²) in [7, 11) is 0. The van der Waals surface area contributed by atoms with Gasteiger partial charge in [0, 0.05) is 18.0 Å². The van der Waals surface area contributed by atoms with E-state index in [-0.39, 0.29) is 18.1 Å². The van der Waals surface area contributed by atoms with Crippen molar-refractivity contribution in [2.75, 3.05) is 0 Å². The lowest BCUT2D eigenvalue weighted by molar-refractivity contribution is 0.138. The molecule has 2 N–H and O–H groups in total. The first-order chi connectivity index (χ1) is 14.7. The summed E-state index contributed by atoms with van der Waals surface area (Å²) in [5.74, 6) is 0.980. The highest BCUT2D eigenvalue weighted by Crippen LogP contribution is 2.32. The number of aryl methyl sites for hydroxylation is 1. The molecule has 156 valence electrons. The normalized spacial score (nSPS) is 19.5. The lowest BCUT2D eigenvalue weighted by Crippen LogP contribution is -2.48. The molecule has 1 aromatic carbocycles. The van der Waals surface area contributed by atoms with Gasteiger partial charge in [-0.05, 0) is 25.8 Å². The molecule has 0 saturated heterocycles. The fourth-order valence-electron chi connectivity index (χ4n) is 4.45. The highest BCUT2D eigenvalue weighted by atomic mass is 16.5. The molecule has 0 spiro atoms. The van der Waals surface area contributed by atoms with Gasteiger partial charge in [-0.15, -0.1) is 0 Å². The number of fused-ring (bicyclic) bond motifs is 1. The Morgan fingerprint density at radius 3 is 2.97 bits per heavy atom. The Kier molecular flexibility index (Phi) is 4.98. The van der Waals surface area contributed by atoms with Crippen LogP contribution in [0.15, 0.2) is 35.1 Å². The summed E-state index contributed by atoms with van der Waals surface area (Å²) in [6.07, 6.45) is 7.89. The molecule has 30 heavy (non-hydrogen) atoms. The van der Waals surface area contributed by atoms with Crippen molar-refractivity contribution in [1.82, 2.24) is 30.3 Å². The molecule has 1 aliphatic carbocycles. The predicted molar refractivity (Wildman–Crippen MR) is 110 cm³/mol. The van der Waals surface area contributed by atoms with Crippen molar-refractivity contribution in [3.63, 3.8) is 0 Å². The van der Waals surface area contributed by atoms with Crippen LogP contribution in [0.2, 0.25) is 0 Å². The van der Waals surface area contributed by atoms with E-state index in [0.29, 0.717) is 24.7 Å². The second kappa shape index (κ2) is 7.93. The molecule has 1 unspecified atom stereocenters. The van der Waals surface area contributed by atoms with E-state index in [1.165, 1.54) is 19.3 Å². The van der Waals surface area contributed by atoms with Gasteiger partial charge in [-0.1, -0.05) is 48.2 Å². The molecule has 8 nitrogen and oxygen atoms in total. The molecular weight excluding hydrogens is 380 g/mol. The van der Waals surface area contributed by atoms with Gasteiger partial charge in [0.25, 0.3) is 0 Å². The standard InChI is InChI=1S/C22H26N6O2/c1-14-6-5-7-15(10-14)20-26-21(30-27-20)19-11-17-18(24-13-23-17)12-28(19)22(29)25-16-8-3-2-4-9-16/h5-7,10,13,16,19H,2-4,8-9,11-12H2,1H3,(H,23,24)(H,25,29). The SMILES string of the molecule is Cc1cccc(-c2noc(C3Cc4nc[nH]c4CN3C(=O)NC3CCCCC3)n2)c1. The summed E-state index contributed by atoms with van der Waals surface area (Å²) in [6, 6.07) is 7.80. The average Bonchev–Trinajstić information content (AvgIpc) is 3.43. The fraction of sp³-hybridized carbons (Fsp3) is 0.455. The van der Waals surface area contributed by atoms with Crippen LogP contribution in [-0.4, -0.2) is 37.1 Å². The number of carbonyl (C=O) groups is 1. The maximum Gasteiger partial charge on any atom is 0.318 e. The van der Waals surface area contributed by atoms with E-state index < -0.39 is 0 Å². The Morgan fingerprint density at radius 2 is 2.13 bits per heavy atom. The van der Waals surface area contributed by atoms with Crippen molar-refractivity contribution in [2.24, 2.45) is 0 Å². The Bertz CT molecular complexity index is 1040. The number of aromatic amines is 1. The van der Waals surface area contributed by atoms with Crippen molar-refractivity contribution < 1.29 is 9.32 Å². The molecule has 0 bridgehead atoms. The number of H-pyrrole nitrogens is 1. The van der Waals surface area contributed by atoms with Gasteiger partial charge >= 0.3 is 6.03 Å². The van der Waals surface area contributed by atoms with Gasteiger partial charge in [0.2, 0.25) is 11.7 Å². The lowest BCUT2D eigenvalue weighted by atomic mass is 9.95. The monoisotopic (exact) mass is 406 g/mol. The van der Waals surface area contributed by atoms with E-state index in [2.05, 4.69) is 25.4 Å². The summed E-state index contributed by atoms with van der Waals surface area (Å²) in [4.78, 5) is 27.2. The molecule has 5 rings (SSSR count). The van der Waals surface area contributed by atoms with Gasteiger partial charge in [-0.2, -0.15) is 4.98 Å². The summed E-state index contributed by atoms with van der Waals surface area (Å²) >= 11 is 0. The Hall–Kier alpha value is -3.16. The zero-order chi connectivity index (χ0) is 20.5. The number of benzene rings is 1. The molecule has 1 saturated carbocycles. The quantitative estimate of drug-likeness (QED) is 0.687. The molecule has 8 heteroatoms. The molecule has 1 fully saturated rings. The number of imidazole rings is 1. The minimum atomic E-state index is -0.338. The van der Waals surface area contributed by atoms with Crippen LogP contribution in [0.1, 0.15) is 61.0 Å². The molecule has 3 heterocycles. The first-order valence-electron chi connectivity index (χ1n) is 10.7. The number of amides is 2. The van der Waals surface area contributed by atoms with Gasteiger partial charge in [-0.3, -0.25) is 0 Å². The van der Waals surface area contributed by atoms with E-state index in [1.807, 2.05) is 31.2 Å². The average molecular weight is 406 g/mol. The van der Waals surface area contributed by atoms with Crippen molar-refractivity contribution in [3.05, 3.63) is 53.4 Å². The van der Waals surface area contributed by atoms with Crippen molar-refractivity contribution in [2.45, 2.75) is 64.1 Å². The maximum atomic E-state index is 13.2. The van der Waals surface area contributed by atoms with Crippen LogP contribution < -0.4 is 5.32 Å². The summed E-state index contributed by atoms with van der Waals surface area (Å²) in [6.45, 7) is 2.47.